The van der Waals surface area contributed by atoms with Crippen molar-refractivity contribution < 1.29 is 9.84 Å². The van der Waals surface area contributed by atoms with Crippen LogP contribution in [0.5, 0.6) is 11.5 Å². The average Bonchev–Trinajstić information content (AvgIpc) is 2.36. The van der Waals surface area contributed by atoms with Crippen molar-refractivity contribution in [2.75, 3.05) is 6.54 Å². The van der Waals surface area contributed by atoms with Crippen LogP contribution in [0, 0.1) is 0 Å². The van der Waals surface area contributed by atoms with Crippen molar-refractivity contribution in [1.29, 1.82) is 0 Å². The Morgan fingerprint density at radius 2 is 2.35 bits per heavy atom. The Kier molecular flexibility index (Phi) is 3.33. The number of benzene rings is 1. The van der Waals surface area contributed by atoms with Crippen LogP contribution in [-0.4, -0.2) is 27.4 Å². The molecule has 4 nitrogen and oxygen atoms in total. The Balaban J connectivity index is 2.08. The van der Waals surface area contributed by atoms with Crippen molar-refractivity contribution in [2.45, 2.75) is 38.5 Å². The van der Waals surface area contributed by atoms with Gasteiger partial charge in [0, 0.05) is 18.5 Å². The molecule has 0 aromatic heterocycles. The molecule has 0 aliphatic carbocycles. The van der Waals surface area contributed by atoms with Crippen molar-refractivity contribution in [3.05, 3.63) is 22.2 Å². The molecule has 0 amide bonds. The van der Waals surface area contributed by atoms with Gasteiger partial charge in [0.05, 0.1) is 10.5 Å². The first-order chi connectivity index (χ1) is 9.44. The summed E-state index contributed by atoms with van der Waals surface area (Å²) >= 11 is 8.95. The number of rotatable bonds is 2. The second kappa shape index (κ2) is 4.77. The summed E-state index contributed by atoms with van der Waals surface area (Å²) in [5.74, 6) is 1.02. The number of nitrogens with one attached hydrogen (secondary N) is 1. The predicted molar refractivity (Wildman–Crippen MR) is 84.9 cm³/mol. The molecule has 1 aromatic carbocycles. The molecule has 108 valence electrons. The third-order valence-electron chi connectivity index (χ3n) is 3.90. The Labute approximate surface area is 132 Å². The molecule has 0 radical (unpaired) electrons. The monoisotopic (exact) mass is 356 g/mol. The van der Waals surface area contributed by atoms with Crippen LogP contribution < -0.4 is 10.1 Å². The number of hydrogen-bond donors (Lipinski definition) is 2. The Bertz CT molecular complexity index is 581. The van der Waals surface area contributed by atoms with Gasteiger partial charge in [0.25, 0.3) is 0 Å². The Hall–Kier alpha value is -1.01. The van der Waals surface area contributed by atoms with E-state index in [2.05, 4.69) is 40.0 Å². The van der Waals surface area contributed by atoms with Gasteiger partial charge in [-0.1, -0.05) is 6.92 Å². The number of halogens is 1. The molecule has 2 bridgehead atoms. The minimum Gasteiger partial charge on any atom is -0.508 e. The normalized spacial score (nSPS) is 27.6. The lowest BCUT2D eigenvalue weighted by molar-refractivity contribution is -0.0686. The zero-order chi connectivity index (χ0) is 14.5. The number of nitrogens with zero attached hydrogens (tertiary/aromatic N) is 1. The first-order valence-corrected chi connectivity index (χ1v) is 7.94. The first kappa shape index (κ1) is 13.9. The zero-order valence-corrected chi connectivity index (χ0v) is 13.8. The maximum Gasteiger partial charge on any atom is 0.184 e. The van der Waals surface area contributed by atoms with Gasteiger partial charge < -0.3 is 20.1 Å². The SMILES string of the molecule is CCCN1C(=S)NC2CC1(C)Oc1c(Br)cc(O)cc12. The highest BCUT2D eigenvalue weighted by atomic mass is 79.9. The standard InChI is InChI=1S/C14H17BrN2O2S/c1-3-4-17-13(20)16-11-7-14(17,2)19-12-9(11)5-8(18)6-10(12)15/h5-6,11,18H,3-4,7H2,1-2H3,(H,16,20). The summed E-state index contributed by atoms with van der Waals surface area (Å²) in [7, 11) is 0. The predicted octanol–water partition coefficient (Wildman–Crippen LogP) is 3.29. The number of hydrogen-bond acceptors (Lipinski definition) is 3. The molecule has 2 N–H and O–H groups in total. The Morgan fingerprint density at radius 3 is 3.05 bits per heavy atom. The summed E-state index contributed by atoms with van der Waals surface area (Å²) in [6, 6.07) is 3.48. The van der Waals surface area contributed by atoms with E-state index in [0.717, 1.165) is 40.3 Å². The van der Waals surface area contributed by atoms with Gasteiger partial charge in [-0.15, -0.1) is 0 Å². The molecule has 2 atom stereocenters. The number of ether oxygens (including phenoxy) is 1. The summed E-state index contributed by atoms with van der Waals surface area (Å²) in [5, 5.41) is 13.9. The lowest BCUT2D eigenvalue weighted by Crippen LogP contribution is -2.64. The fourth-order valence-corrected chi connectivity index (χ4v) is 3.99. The van der Waals surface area contributed by atoms with Crippen molar-refractivity contribution in [3.63, 3.8) is 0 Å². The van der Waals surface area contributed by atoms with E-state index in [4.69, 9.17) is 17.0 Å². The third kappa shape index (κ3) is 2.05. The van der Waals surface area contributed by atoms with E-state index in [-0.39, 0.29) is 11.8 Å². The zero-order valence-electron chi connectivity index (χ0n) is 11.4. The van der Waals surface area contributed by atoms with Crippen LogP contribution in [0.25, 0.3) is 0 Å². The van der Waals surface area contributed by atoms with Crippen LogP contribution >= 0.6 is 28.1 Å². The second-order valence-electron chi connectivity index (χ2n) is 5.48. The van der Waals surface area contributed by atoms with Crippen LogP contribution in [0.15, 0.2) is 16.6 Å². The third-order valence-corrected chi connectivity index (χ3v) is 4.83. The van der Waals surface area contributed by atoms with Gasteiger partial charge in [-0.05, 0) is 53.6 Å². The summed E-state index contributed by atoms with van der Waals surface area (Å²) in [4.78, 5) is 2.11. The fourth-order valence-electron chi connectivity index (χ4n) is 3.01. The number of phenols is 1. The van der Waals surface area contributed by atoms with Gasteiger partial charge in [0.2, 0.25) is 0 Å². The second-order valence-corrected chi connectivity index (χ2v) is 6.72. The minimum absolute atomic E-state index is 0.0766. The van der Waals surface area contributed by atoms with Crippen LogP contribution in [0.1, 0.15) is 38.3 Å². The van der Waals surface area contributed by atoms with Crippen LogP contribution in [0.4, 0.5) is 0 Å². The molecule has 2 aliphatic heterocycles. The van der Waals surface area contributed by atoms with Crippen molar-refractivity contribution >= 4 is 33.3 Å². The van der Waals surface area contributed by atoms with Crippen molar-refractivity contribution in [1.82, 2.24) is 10.2 Å². The van der Waals surface area contributed by atoms with E-state index in [1.54, 1.807) is 12.1 Å². The highest BCUT2D eigenvalue weighted by Crippen LogP contribution is 2.48. The quantitative estimate of drug-likeness (QED) is 0.796. The number of fused-ring (bicyclic) bond motifs is 4. The van der Waals surface area contributed by atoms with Gasteiger partial charge in [-0.2, -0.15) is 0 Å². The van der Waals surface area contributed by atoms with E-state index in [1.807, 2.05) is 0 Å². The molecule has 1 fully saturated rings. The molecule has 2 heterocycles. The Morgan fingerprint density at radius 1 is 1.60 bits per heavy atom. The fraction of sp³-hybridized carbons (Fsp3) is 0.500. The van der Waals surface area contributed by atoms with E-state index in [9.17, 15) is 5.11 Å². The minimum atomic E-state index is -0.435. The lowest BCUT2D eigenvalue weighted by atomic mass is 9.90. The molecule has 1 saturated heterocycles. The smallest absolute Gasteiger partial charge is 0.184 e. The number of phenolic OH excluding ortho intramolecular Hbond substituents is 1. The van der Waals surface area contributed by atoms with Gasteiger partial charge in [-0.25, -0.2) is 0 Å². The van der Waals surface area contributed by atoms with Gasteiger partial charge in [0.15, 0.2) is 10.8 Å². The highest BCUT2D eigenvalue weighted by molar-refractivity contribution is 9.10. The number of aromatic hydroxyl groups is 1. The maximum absolute atomic E-state index is 9.78. The lowest BCUT2D eigenvalue weighted by Gasteiger charge is -2.52. The largest absolute Gasteiger partial charge is 0.508 e. The summed E-state index contributed by atoms with van der Waals surface area (Å²) in [6.07, 6.45) is 1.81. The molecule has 0 spiro atoms. The topological polar surface area (TPSA) is 44.7 Å². The van der Waals surface area contributed by atoms with Crippen molar-refractivity contribution in [3.8, 4) is 11.5 Å². The van der Waals surface area contributed by atoms with Crippen molar-refractivity contribution in [2.24, 2.45) is 0 Å². The van der Waals surface area contributed by atoms with E-state index in [1.165, 1.54) is 0 Å². The number of thiocarbonyl (C=S) groups is 1. The first-order valence-electron chi connectivity index (χ1n) is 6.74. The molecule has 6 heteroatoms. The van der Waals surface area contributed by atoms with Gasteiger partial charge >= 0.3 is 0 Å². The van der Waals surface area contributed by atoms with Crippen LogP contribution in [-0.2, 0) is 0 Å². The van der Waals surface area contributed by atoms with E-state index < -0.39 is 5.72 Å². The van der Waals surface area contributed by atoms with Gasteiger partial charge in [0.1, 0.15) is 11.5 Å². The van der Waals surface area contributed by atoms with E-state index in [0.29, 0.717) is 0 Å². The summed E-state index contributed by atoms with van der Waals surface area (Å²) in [5.41, 5.74) is 0.517. The highest BCUT2D eigenvalue weighted by Gasteiger charge is 2.47. The molecule has 0 saturated carbocycles. The molecule has 3 rings (SSSR count). The van der Waals surface area contributed by atoms with Crippen LogP contribution in [0.2, 0.25) is 0 Å². The molecule has 1 aromatic rings. The van der Waals surface area contributed by atoms with Crippen LogP contribution in [0.3, 0.4) is 0 Å². The molecule has 20 heavy (non-hydrogen) atoms. The molecule has 2 aliphatic rings. The average molecular weight is 357 g/mol. The van der Waals surface area contributed by atoms with Gasteiger partial charge in [-0.3, -0.25) is 0 Å². The maximum atomic E-state index is 9.78. The summed E-state index contributed by atoms with van der Waals surface area (Å²) < 4.78 is 7.02. The molecule has 2 unspecified atom stereocenters. The van der Waals surface area contributed by atoms with E-state index >= 15 is 0 Å². The summed E-state index contributed by atoms with van der Waals surface area (Å²) in [6.45, 7) is 5.06. The molecular weight excluding hydrogens is 340 g/mol. The molecular formula is C14H17BrN2O2S.